The molecule has 0 unspecified atom stereocenters. The van der Waals surface area contributed by atoms with Crippen LogP contribution in [0.3, 0.4) is 0 Å². The highest BCUT2D eigenvalue weighted by Crippen LogP contribution is 2.42. The van der Waals surface area contributed by atoms with Gasteiger partial charge in [0.15, 0.2) is 0 Å². The van der Waals surface area contributed by atoms with Gasteiger partial charge < -0.3 is 19.5 Å². The Labute approximate surface area is 108 Å². The fraction of sp³-hybridized carbons (Fsp3) is 0.571. The lowest BCUT2D eigenvalue weighted by Crippen LogP contribution is -2.14. The monoisotopic (exact) mass is 251 g/mol. The van der Waals surface area contributed by atoms with Gasteiger partial charge >= 0.3 is 0 Å². The second-order valence-electron chi connectivity index (χ2n) is 5.13. The maximum atomic E-state index is 10.0. The third-order valence-corrected chi connectivity index (χ3v) is 3.41. The summed E-state index contributed by atoms with van der Waals surface area (Å²) in [6, 6.07) is 3.92. The van der Waals surface area contributed by atoms with Gasteiger partial charge in [-0.2, -0.15) is 0 Å². The van der Waals surface area contributed by atoms with Gasteiger partial charge in [0, 0.05) is 32.1 Å². The minimum absolute atomic E-state index is 0.530. The Bertz CT molecular complexity index is 439. The molecule has 1 saturated carbocycles. The molecule has 4 nitrogen and oxygen atoms in total. The molecule has 1 aliphatic rings. The number of aliphatic hydroxyl groups is 1. The van der Waals surface area contributed by atoms with E-state index in [9.17, 15) is 5.11 Å². The van der Waals surface area contributed by atoms with Crippen molar-refractivity contribution in [2.45, 2.75) is 24.9 Å². The van der Waals surface area contributed by atoms with Crippen LogP contribution in [0.2, 0.25) is 0 Å². The lowest BCUT2D eigenvalue weighted by molar-refractivity contribution is 0.150. The minimum Gasteiger partial charge on any atom is -0.496 e. The first-order valence-corrected chi connectivity index (χ1v) is 6.14. The summed E-state index contributed by atoms with van der Waals surface area (Å²) in [5, 5.41) is 10.0. The number of anilines is 1. The topological polar surface area (TPSA) is 41.9 Å². The molecule has 0 spiro atoms. The van der Waals surface area contributed by atoms with Crippen LogP contribution in [-0.4, -0.2) is 39.0 Å². The quantitative estimate of drug-likeness (QED) is 0.867. The van der Waals surface area contributed by atoms with Gasteiger partial charge in [-0.05, 0) is 18.9 Å². The van der Waals surface area contributed by atoms with E-state index in [1.807, 2.05) is 31.1 Å². The summed E-state index contributed by atoms with van der Waals surface area (Å²) in [6.07, 6.45) is 2.36. The van der Waals surface area contributed by atoms with Crippen LogP contribution in [0, 0.1) is 0 Å². The summed E-state index contributed by atoms with van der Waals surface area (Å²) in [7, 11) is 7.24. The van der Waals surface area contributed by atoms with E-state index in [0.717, 1.165) is 35.6 Å². The van der Waals surface area contributed by atoms with E-state index in [0.29, 0.717) is 6.42 Å². The van der Waals surface area contributed by atoms with Crippen LogP contribution in [-0.2, 0) is 6.42 Å². The molecular weight excluding hydrogens is 230 g/mol. The van der Waals surface area contributed by atoms with Crippen molar-refractivity contribution in [1.29, 1.82) is 0 Å². The van der Waals surface area contributed by atoms with E-state index in [1.54, 1.807) is 14.2 Å². The number of benzene rings is 1. The highest BCUT2D eigenvalue weighted by atomic mass is 16.5. The van der Waals surface area contributed by atoms with Gasteiger partial charge in [0.2, 0.25) is 0 Å². The molecule has 1 N–H and O–H groups in total. The molecule has 1 fully saturated rings. The summed E-state index contributed by atoms with van der Waals surface area (Å²) in [5.41, 5.74) is 1.44. The van der Waals surface area contributed by atoms with E-state index < -0.39 is 5.60 Å². The van der Waals surface area contributed by atoms with E-state index >= 15 is 0 Å². The second kappa shape index (κ2) is 4.69. The molecule has 0 aliphatic heterocycles. The third-order valence-electron chi connectivity index (χ3n) is 3.41. The van der Waals surface area contributed by atoms with Crippen molar-refractivity contribution in [2.75, 3.05) is 33.2 Å². The minimum atomic E-state index is -0.530. The average molecular weight is 251 g/mol. The fourth-order valence-electron chi connectivity index (χ4n) is 2.11. The van der Waals surface area contributed by atoms with Gasteiger partial charge in [0.05, 0.1) is 25.5 Å². The standard InChI is InChI=1S/C14H21NO3/c1-15(2)11-8-12(17-3)10(7-13(11)18-4)9-14(16)5-6-14/h7-8,16H,5-6,9H2,1-4H3. The zero-order chi connectivity index (χ0) is 13.3. The fourth-order valence-corrected chi connectivity index (χ4v) is 2.11. The Kier molecular flexibility index (Phi) is 3.39. The van der Waals surface area contributed by atoms with Crippen molar-refractivity contribution in [3.63, 3.8) is 0 Å². The Morgan fingerprint density at radius 3 is 2.22 bits per heavy atom. The van der Waals surface area contributed by atoms with Crippen LogP contribution in [0.4, 0.5) is 5.69 Å². The Hall–Kier alpha value is -1.42. The predicted molar refractivity (Wildman–Crippen MR) is 71.8 cm³/mol. The zero-order valence-corrected chi connectivity index (χ0v) is 11.5. The molecule has 0 bridgehead atoms. The molecule has 100 valence electrons. The molecular formula is C14H21NO3. The molecule has 18 heavy (non-hydrogen) atoms. The highest BCUT2D eigenvalue weighted by molar-refractivity contribution is 5.63. The van der Waals surface area contributed by atoms with Crippen LogP contribution in [0.25, 0.3) is 0 Å². The third kappa shape index (κ3) is 2.53. The van der Waals surface area contributed by atoms with Crippen molar-refractivity contribution in [3.8, 4) is 11.5 Å². The van der Waals surface area contributed by atoms with Crippen molar-refractivity contribution >= 4 is 5.69 Å². The maximum Gasteiger partial charge on any atom is 0.142 e. The molecule has 4 heteroatoms. The molecule has 0 radical (unpaired) electrons. The molecule has 0 heterocycles. The number of hydrogen-bond donors (Lipinski definition) is 1. The van der Waals surface area contributed by atoms with E-state index in [2.05, 4.69) is 0 Å². The lowest BCUT2D eigenvalue weighted by Gasteiger charge is -2.20. The van der Waals surface area contributed by atoms with Crippen molar-refractivity contribution in [2.24, 2.45) is 0 Å². The van der Waals surface area contributed by atoms with Crippen LogP contribution in [0.15, 0.2) is 12.1 Å². The highest BCUT2D eigenvalue weighted by Gasteiger charge is 2.41. The molecule has 1 aromatic rings. The molecule has 0 aromatic heterocycles. The molecule has 0 amide bonds. The first kappa shape index (κ1) is 13.0. The van der Waals surface area contributed by atoms with Crippen LogP contribution < -0.4 is 14.4 Å². The first-order chi connectivity index (χ1) is 8.49. The number of hydrogen-bond acceptors (Lipinski definition) is 4. The molecule has 2 rings (SSSR count). The van der Waals surface area contributed by atoms with Gasteiger partial charge in [-0.25, -0.2) is 0 Å². The maximum absolute atomic E-state index is 10.0. The van der Waals surface area contributed by atoms with Gasteiger partial charge in [-0.3, -0.25) is 0 Å². The number of ether oxygens (including phenoxy) is 2. The van der Waals surface area contributed by atoms with Crippen molar-refractivity contribution < 1.29 is 14.6 Å². The Balaban J connectivity index is 2.38. The van der Waals surface area contributed by atoms with Gasteiger partial charge in [-0.15, -0.1) is 0 Å². The molecule has 0 atom stereocenters. The summed E-state index contributed by atoms with van der Waals surface area (Å²) in [5.74, 6) is 1.61. The van der Waals surface area contributed by atoms with Crippen LogP contribution in [0.1, 0.15) is 18.4 Å². The van der Waals surface area contributed by atoms with E-state index in [4.69, 9.17) is 9.47 Å². The lowest BCUT2D eigenvalue weighted by atomic mass is 10.0. The normalized spacial score (nSPS) is 16.3. The van der Waals surface area contributed by atoms with Crippen molar-refractivity contribution in [1.82, 2.24) is 0 Å². The summed E-state index contributed by atoms with van der Waals surface area (Å²) in [4.78, 5) is 1.98. The van der Waals surface area contributed by atoms with Gasteiger partial charge in [0.25, 0.3) is 0 Å². The van der Waals surface area contributed by atoms with Crippen LogP contribution in [0.5, 0.6) is 11.5 Å². The molecule has 1 aromatic carbocycles. The SMILES string of the molecule is COc1cc(N(C)C)c(OC)cc1CC1(O)CC1. The summed E-state index contributed by atoms with van der Waals surface area (Å²) >= 11 is 0. The first-order valence-electron chi connectivity index (χ1n) is 6.14. The van der Waals surface area contributed by atoms with Gasteiger partial charge in [-0.1, -0.05) is 0 Å². The number of methoxy groups -OCH3 is 2. The Morgan fingerprint density at radius 2 is 1.78 bits per heavy atom. The predicted octanol–water partition coefficient (Wildman–Crippen LogP) is 1.84. The van der Waals surface area contributed by atoms with Crippen molar-refractivity contribution in [3.05, 3.63) is 17.7 Å². The Morgan fingerprint density at radius 1 is 1.17 bits per heavy atom. The molecule has 0 saturated heterocycles. The largest absolute Gasteiger partial charge is 0.496 e. The number of nitrogens with zero attached hydrogens (tertiary/aromatic N) is 1. The smallest absolute Gasteiger partial charge is 0.142 e. The summed E-state index contributed by atoms with van der Waals surface area (Å²) in [6.45, 7) is 0. The summed E-state index contributed by atoms with van der Waals surface area (Å²) < 4.78 is 10.8. The van der Waals surface area contributed by atoms with Gasteiger partial charge in [0.1, 0.15) is 11.5 Å². The molecule has 1 aliphatic carbocycles. The number of rotatable bonds is 5. The van der Waals surface area contributed by atoms with E-state index in [-0.39, 0.29) is 0 Å². The second-order valence-corrected chi connectivity index (χ2v) is 5.13. The van der Waals surface area contributed by atoms with Crippen LogP contribution >= 0.6 is 0 Å². The van der Waals surface area contributed by atoms with E-state index in [1.165, 1.54) is 0 Å². The average Bonchev–Trinajstić information content (AvgIpc) is 3.05. The zero-order valence-electron chi connectivity index (χ0n) is 11.5.